The number of methoxy groups -OCH3 is 1. The average molecular weight is 303 g/mol. The third kappa shape index (κ3) is 4.43. The molecule has 0 bridgehead atoms. The lowest BCUT2D eigenvalue weighted by atomic mass is 10.0. The Morgan fingerprint density at radius 1 is 1.14 bits per heavy atom. The van der Waals surface area contributed by atoms with Crippen molar-refractivity contribution in [3.8, 4) is 16.9 Å². The molecule has 2 rings (SSSR count). The summed E-state index contributed by atoms with van der Waals surface area (Å²) in [6, 6.07) is 15.5. The number of rotatable bonds is 6. The van der Waals surface area contributed by atoms with Crippen molar-refractivity contribution >= 4 is 16.7 Å². The minimum Gasteiger partial charge on any atom is -0.497 e. The highest BCUT2D eigenvalue weighted by Crippen LogP contribution is 2.23. The van der Waals surface area contributed by atoms with Gasteiger partial charge in [-0.25, -0.2) is 0 Å². The van der Waals surface area contributed by atoms with Crippen molar-refractivity contribution < 1.29 is 13.7 Å². The van der Waals surface area contributed by atoms with Crippen molar-refractivity contribution in [3.05, 3.63) is 54.1 Å². The molecule has 0 aliphatic carbocycles. The zero-order valence-electron chi connectivity index (χ0n) is 11.7. The van der Waals surface area contributed by atoms with Crippen LogP contribution in [0.3, 0.4) is 0 Å². The second kappa shape index (κ2) is 7.04. The van der Waals surface area contributed by atoms with E-state index in [4.69, 9.17) is 10.5 Å². The molecule has 0 aliphatic rings. The van der Waals surface area contributed by atoms with Gasteiger partial charge in [-0.1, -0.05) is 36.4 Å². The van der Waals surface area contributed by atoms with E-state index in [0.717, 1.165) is 22.4 Å². The van der Waals surface area contributed by atoms with Gasteiger partial charge in [-0.15, -0.1) is 0 Å². The van der Waals surface area contributed by atoms with E-state index < -0.39 is 16.7 Å². The number of hydrogen-bond acceptors (Lipinski definition) is 3. The summed E-state index contributed by atoms with van der Waals surface area (Å²) < 4.78 is 16.9. The molecule has 0 unspecified atom stereocenters. The maximum absolute atomic E-state index is 11.7. The Kier molecular flexibility index (Phi) is 5.11. The van der Waals surface area contributed by atoms with Gasteiger partial charge in [-0.3, -0.25) is 9.00 Å². The van der Waals surface area contributed by atoms with Gasteiger partial charge in [0.2, 0.25) is 5.91 Å². The van der Waals surface area contributed by atoms with E-state index >= 15 is 0 Å². The summed E-state index contributed by atoms with van der Waals surface area (Å²) in [5.74, 6) is 0.483. The fraction of sp³-hybridized carbons (Fsp3) is 0.188. The number of carbonyl (C=O) groups is 1. The smallest absolute Gasteiger partial charge is 0.230 e. The Bertz CT molecular complexity index is 653. The monoisotopic (exact) mass is 303 g/mol. The molecular formula is C16H17NO3S. The number of amides is 1. The predicted molar refractivity (Wildman–Crippen MR) is 84.3 cm³/mol. The summed E-state index contributed by atoms with van der Waals surface area (Å²) in [6.07, 6.45) is 0. The summed E-state index contributed by atoms with van der Waals surface area (Å²) in [5, 5.41) is 0. The molecular weight excluding hydrogens is 286 g/mol. The molecule has 5 heteroatoms. The summed E-state index contributed by atoms with van der Waals surface area (Å²) in [7, 11) is 0.363. The van der Waals surface area contributed by atoms with E-state index in [1.165, 1.54) is 0 Å². The number of nitrogens with two attached hydrogens (primary N) is 1. The molecule has 0 saturated heterocycles. The molecule has 21 heavy (non-hydrogen) atoms. The number of primary amides is 1. The van der Waals surface area contributed by atoms with Gasteiger partial charge in [-0.05, 0) is 28.8 Å². The number of hydrogen-bond donors (Lipinski definition) is 1. The maximum atomic E-state index is 11.7. The highest BCUT2D eigenvalue weighted by molar-refractivity contribution is 7.84. The van der Waals surface area contributed by atoms with E-state index in [1.54, 1.807) is 7.11 Å². The fourth-order valence-electron chi connectivity index (χ4n) is 2.02. The largest absolute Gasteiger partial charge is 0.497 e. The summed E-state index contributed by atoms with van der Waals surface area (Å²) >= 11 is 0. The minimum atomic E-state index is -1.27. The van der Waals surface area contributed by atoms with Crippen LogP contribution >= 0.6 is 0 Å². The van der Waals surface area contributed by atoms with Gasteiger partial charge in [0.1, 0.15) is 11.5 Å². The van der Waals surface area contributed by atoms with Gasteiger partial charge in [-0.2, -0.15) is 0 Å². The molecule has 0 aliphatic heterocycles. The average Bonchev–Trinajstić information content (AvgIpc) is 2.46. The normalized spacial score (nSPS) is 11.9. The van der Waals surface area contributed by atoms with Crippen LogP contribution in [0.1, 0.15) is 5.56 Å². The molecule has 0 fully saturated rings. The topological polar surface area (TPSA) is 69.4 Å². The van der Waals surface area contributed by atoms with E-state index in [9.17, 15) is 9.00 Å². The third-order valence-electron chi connectivity index (χ3n) is 2.98. The van der Waals surface area contributed by atoms with Crippen LogP contribution < -0.4 is 10.5 Å². The van der Waals surface area contributed by atoms with Crippen molar-refractivity contribution in [2.75, 3.05) is 12.9 Å². The first kappa shape index (κ1) is 15.3. The van der Waals surface area contributed by atoms with Crippen molar-refractivity contribution in [1.82, 2.24) is 0 Å². The van der Waals surface area contributed by atoms with E-state index in [1.807, 2.05) is 48.5 Å². The predicted octanol–water partition coefficient (Wildman–Crippen LogP) is 2.10. The van der Waals surface area contributed by atoms with Gasteiger partial charge in [0, 0.05) is 16.6 Å². The molecule has 2 aromatic rings. The number of benzene rings is 2. The first-order chi connectivity index (χ1) is 10.1. The molecule has 4 nitrogen and oxygen atoms in total. The lowest BCUT2D eigenvalue weighted by Crippen LogP contribution is -2.20. The van der Waals surface area contributed by atoms with Crippen LogP contribution in [-0.4, -0.2) is 23.0 Å². The standard InChI is InChI=1S/C16H17NO3S/c1-20-15-7-5-13(6-8-15)14-4-2-3-12(9-14)10-21(19)11-16(17)18/h2-9H,10-11H2,1H3,(H2,17,18)/t21-/m0/s1. The molecule has 1 amide bonds. The van der Waals surface area contributed by atoms with Gasteiger partial charge in [0.25, 0.3) is 0 Å². The first-order valence-corrected chi connectivity index (χ1v) is 7.94. The molecule has 2 N–H and O–H groups in total. The molecule has 0 spiro atoms. The lowest BCUT2D eigenvalue weighted by Gasteiger charge is -2.06. The second-order valence-corrected chi connectivity index (χ2v) is 6.08. The quantitative estimate of drug-likeness (QED) is 0.888. The molecule has 1 atom stereocenters. The molecule has 0 aromatic heterocycles. The Morgan fingerprint density at radius 2 is 1.86 bits per heavy atom. The zero-order valence-corrected chi connectivity index (χ0v) is 12.6. The van der Waals surface area contributed by atoms with Crippen LogP contribution in [0.5, 0.6) is 5.75 Å². The third-order valence-corrected chi connectivity index (χ3v) is 4.24. The highest BCUT2D eigenvalue weighted by Gasteiger charge is 2.07. The van der Waals surface area contributed by atoms with Crippen LogP contribution in [0.2, 0.25) is 0 Å². The van der Waals surface area contributed by atoms with Gasteiger partial charge in [0.05, 0.1) is 7.11 Å². The fourth-order valence-corrected chi connectivity index (χ4v) is 2.99. The number of carbonyl (C=O) groups excluding carboxylic acids is 1. The Hall–Kier alpha value is -2.14. The van der Waals surface area contributed by atoms with E-state index in [-0.39, 0.29) is 5.75 Å². The Balaban J connectivity index is 2.16. The molecule has 0 radical (unpaired) electrons. The molecule has 2 aromatic carbocycles. The zero-order chi connectivity index (χ0) is 15.2. The molecule has 0 saturated carbocycles. The van der Waals surface area contributed by atoms with Crippen molar-refractivity contribution in [2.24, 2.45) is 5.73 Å². The summed E-state index contributed by atoms with van der Waals surface area (Å²) in [5.41, 5.74) is 8.06. The summed E-state index contributed by atoms with van der Waals surface area (Å²) in [6.45, 7) is 0. The van der Waals surface area contributed by atoms with Crippen LogP contribution in [0, 0.1) is 0 Å². The van der Waals surface area contributed by atoms with Crippen molar-refractivity contribution in [1.29, 1.82) is 0 Å². The van der Waals surface area contributed by atoms with E-state index in [2.05, 4.69) is 0 Å². The van der Waals surface area contributed by atoms with Crippen LogP contribution in [0.15, 0.2) is 48.5 Å². The van der Waals surface area contributed by atoms with Crippen molar-refractivity contribution in [2.45, 2.75) is 5.75 Å². The first-order valence-electron chi connectivity index (χ1n) is 6.45. The maximum Gasteiger partial charge on any atom is 0.230 e. The van der Waals surface area contributed by atoms with Crippen molar-refractivity contribution in [3.63, 3.8) is 0 Å². The minimum absolute atomic E-state index is 0.104. The van der Waals surface area contributed by atoms with Crippen LogP contribution in [0.25, 0.3) is 11.1 Å². The van der Waals surface area contributed by atoms with E-state index in [0.29, 0.717) is 5.75 Å². The number of ether oxygens (including phenoxy) is 1. The van der Waals surface area contributed by atoms with Crippen LogP contribution in [-0.2, 0) is 21.3 Å². The Morgan fingerprint density at radius 3 is 2.48 bits per heavy atom. The molecule has 110 valence electrons. The highest BCUT2D eigenvalue weighted by atomic mass is 32.2. The lowest BCUT2D eigenvalue weighted by molar-refractivity contribution is -0.115. The summed E-state index contributed by atoms with van der Waals surface area (Å²) in [4.78, 5) is 10.8. The Labute approximate surface area is 126 Å². The van der Waals surface area contributed by atoms with Crippen LogP contribution in [0.4, 0.5) is 0 Å². The SMILES string of the molecule is COc1ccc(-c2cccc(C[S@](=O)CC(N)=O)c2)cc1. The second-order valence-electron chi connectivity index (χ2n) is 4.62. The van der Waals surface area contributed by atoms with Gasteiger partial charge in [0.15, 0.2) is 0 Å². The molecule has 0 heterocycles. The van der Waals surface area contributed by atoms with Gasteiger partial charge >= 0.3 is 0 Å². The van der Waals surface area contributed by atoms with Gasteiger partial charge < -0.3 is 10.5 Å².